The zero-order valence-electron chi connectivity index (χ0n) is 15.8. The largest absolute Gasteiger partial charge is 0.324 e. The fourth-order valence-electron chi connectivity index (χ4n) is 3.33. The second-order valence-electron chi connectivity index (χ2n) is 6.83. The highest BCUT2D eigenvalue weighted by molar-refractivity contribution is 7.99. The van der Waals surface area contributed by atoms with Crippen molar-refractivity contribution in [3.05, 3.63) is 102 Å². The maximum Gasteiger partial charge on any atom is 0.255 e. The first-order valence-electron chi connectivity index (χ1n) is 9.34. The average molecular weight is 424 g/mol. The number of nitrogens with one attached hydrogen (secondary N) is 1. The first kappa shape index (κ1) is 20.1. The number of hydrogen-bond donors (Lipinski definition) is 1. The second-order valence-corrected chi connectivity index (χ2v) is 7.94. The fourth-order valence-corrected chi connectivity index (χ4v) is 4.76. The maximum atomic E-state index is 13.4. The number of carbonyl (C=O) groups excluding carboxylic acids is 2. The van der Waals surface area contributed by atoms with Crippen LogP contribution >= 0.6 is 11.8 Å². The number of benzene rings is 3. The summed E-state index contributed by atoms with van der Waals surface area (Å²) < 4.78 is 26.5. The molecule has 0 bridgehead atoms. The third-order valence-corrected chi connectivity index (χ3v) is 6.15. The highest BCUT2D eigenvalue weighted by atomic mass is 32.2. The van der Waals surface area contributed by atoms with Crippen molar-refractivity contribution in [2.24, 2.45) is 0 Å². The molecule has 1 heterocycles. The summed E-state index contributed by atoms with van der Waals surface area (Å²) in [6, 6.07) is 19.4. The Bertz CT molecular complexity index is 1040. The van der Waals surface area contributed by atoms with Gasteiger partial charge in [-0.1, -0.05) is 30.3 Å². The number of thioether (sulfide) groups is 1. The highest BCUT2D eigenvalue weighted by Gasteiger charge is 2.42. The molecule has 2 atom stereocenters. The molecule has 1 saturated heterocycles. The van der Waals surface area contributed by atoms with Crippen LogP contribution in [0.25, 0.3) is 0 Å². The Morgan fingerprint density at radius 1 is 0.867 bits per heavy atom. The van der Waals surface area contributed by atoms with E-state index in [0.29, 0.717) is 17.0 Å². The van der Waals surface area contributed by atoms with Gasteiger partial charge >= 0.3 is 0 Å². The molecule has 0 radical (unpaired) electrons. The molecule has 4 nitrogen and oxygen atoms in total. The minimum atomic E-state index is -0.734. The predicted molar refractivity (Wildman–Crippen MR) is 113 cm³/mol. The van der Waals surface area contributed by atoms with Crippen LogP contribution in [0.1, 0.15) is 21.3 Å². The molecule has 0 aromatic heterocycles. The first-order chi connectivity index (χ1) is 14.5. The Labute approximate surface area is 176 Å². The monoisotopic (exact) mass is 424 g/mol. The number of rotatable bonds is 4. The van der Waals surface area contributed by atoms with Crippen molar-refractivity contribution in [2.45, 2.75) is 11.4 Å². The zero-order valence-corrected chi connectivity index (χ0v) is 16.6. The smallest absolute Gasteiger partial charge is 0.255 e. The van der Waals surface area contributed by atoms with Crippen molar-refractivity contribution >= 4 is 29.3 Å². The molecule has 3 aromatic rings. The van der Waals surface area contributed by atoms with E-state index in [-0.39, 0.29) is 17.6 Å². The van der Waals surface area contributed by atoms with E-state index in [1.807, 2.05) is 6.07 Å². The van der Waals surface area contributed by atoms with Gasteiger partial charge in [0, 0.05) is 17.0 Å². The molecule has 7 heteroatoms. The first-order valence-corrected chi connectivity index (χ1v) is 10.4. The van der Waals surface area contributed by atoms with Crippen LogP contribution in [0.2, 0.25) is 0 Å². The van der Waals surface area contributed by atoms with Crippen LogP contribution in [0, 0.1) is 11.6 Å². The van der Waals surface area contributed by atoms with E-state index in [0.717, 1.165) is 5.56 Å². The van der Waals surface area contributed by atoms with Crippen molar-refractivity contribution in [1.29, 1.82) is 0 Å². The van der Waals surface area contributed by atoms with Crippen LogP contribution in [0.4, 0.5) is 14.5 Å². The summed E-state index contributed by atoms with van der Waals surface area (Å²) in [7, 11) is 0. The van der Waals surface area contributed by atoms with Crippen molar-refractivity contribution in [2.75, 3.05) is 11.1 Å². The van der Waals surface area contributed by atoms with Gasteiger partial charge in [-0.15, -0.1) is 11.8 Å². The molecule has 1 fully saturated rings. The average Bonchev–Trinajstić information content (AvgIpc) is 3.21. The maximum absolute atomic E-state index is 13.4. The number of carbonyl (C=O) groups is 2. The van der Waals surface area contributed by atoms with Gasteiger partial charge in [0.1, 0.15) is 23.1 Å². The lowest BCUT2D eigenvalue weighted by Gasteiger charge is -2.29. The number of anilines is 1. The van der Waals surface area contributed by atoms with Gasteiger partial charge in [0.15, 0.2) is 0 Å². The molecule has 4 rings (SSSR count). The normalized spacial score (nSPS) is 18.3. The van der Waals surface area contributed by atoms with Crippen molar-refractivity contribution in [3.8, 4) is 0 Å². The summed E-state index contributed by atoms with van der Waals surface area (Å²) in [5.41, 5.74) is 1.65. The number of nitrogens with zero attached hydrogens (tertiary/aromatic N) is 1. The van der Waals surface area contributed by atoms with Crippen molar-refractivity contribution in [3.63, 3.8) is 0 Å². The molecule has 0 aliphatic carbocycles. The fraction of sp³-hybridized carbons (Fsp3) is 0.130. The summed E-state index contributed by atoms with van der Waals surface area (Å²) in [4.78, 5) is 27.9. The minimum absolute atomic E-state index is 0.283. The lowest BCUT2D eigenvalue weighted by atomic mass is 10.1. The van der Waals surface area contributed by atoms with Crippen LogP contribution in [0.5, 0.6) is 0 Å². The van der Waals surface area contributed by atoms with E-state index in [1.54, 1.807) is 36.4 Å². The molecule has 3 aromatic carbocycles. The molecule has 1 N–H and O–H groups in total. The summed E-state index contributed by atoms with van der Waals surface area (Å²) >= 11 is 1.44. The molecule has 1 aliphatic rings. The summed E-state index contributed by atoms with van der Waals surface area (Å²) in [5, 5.41) is 2.33. The number of hydrogen-bond acceptors (Lipinski definition) is 3. The molecular weight excluding hydrogens is 406 g/mol. The van der Waals surface area contributed by atoms with Crippen LogP contribution in [0.3, 0.4) is 0 Å². The Morgan fingerprint density at radius 2 is 1.47 bits per heavy atom. The van der Waals surface area contributed by atoms with E-state index in [4.69, 9.17) is 0 Å². The summed E-state index contributed by atoms with van der Waals surface area (Å²) in [6.45, 7) is 0. The van der Waals surface area contributed by atoms with E-state index < -0.39 is 17.2 Å². The van der Waals surface area contributed by atoms with Gasteiger partial charge in [-0.2, -0.15) is 0 Å². The topological polar surface area (TPSA) is 49.4 Å². The Balaban J connectivity index is 1.64. The van der Waals surface area contributed by atoms with E-state index in [9.17, 15) is 18.4 Å². The third kappa shape index (κ3) is 4.21. The molecule has 0 spiro atoms. The molecule has 152 valence electrons. The van der Waals surface area contributed by atoms with Gasteiger partial charge in [-0.25, -0.2) is 8.78 Å². The minimum Gasteiger partial charge on any atom is -0.324 e. The van der Waals surface area contributed by atoms with Gasteiger partial charge in [-0.05, 0) is 54.1 Å². The van der Waals surface area contributed by atoms with Crippen LogP contribution in [-0.4, -0.2) is 28.5 Å². The summed E-state index contributed by atoms with van der Waals surface area (Å²) in [6.07, 6.45) is 0. The van der Waals surface area contributed by atoms with E-state index >= 15 is 0 Å². The van der Waals surface area contributed by atoms with Crippen molar-refractivity contribution in [1.82, 2.24) is 4.90 Å². The standard InChI is InChI=1S/C23H18F2N2O2S/c24-17-8-6-16(7-9-17)23-27(22(29)15-4-2-1-3-5-15)20(14-30-23)21(28)26-19-12-10-18(25)11-13-19/h1-13,20,23H,14H2,(H,26,28). The van der Waals surface area contributed by atoms with Gasteiger partial charge in [-0.3, -0.25) is 9.59 Å². The predicted octanol–water partition coefficient (Wildman–Crippen LogP) is 4.86. The molecule has 2 amide bonds. The quantitative estimate of drug-likeness (QED) is 0.651. The Kier molecular flexibility index (Phi) is 5.81. The highest BCUT2D eigenvalue weighted by Crippen LogP contribution is 2.42. The second kappa shape index (κ2) is 8.67. The van der Waals surface area contributed by atoms with Gasteiger partial charge in [0.25, 0.3) is 5.91 Å². The lowest BCUT2D eigenvalue weighted by Crippen LogP contribution is -2.45. The van der Waals surface area contributed by atoms with E-state index in [1.165, 1.54) is 53.1 Å². The molecule has 2 unspecified atom stereocenters. The lowest BCUT2D eigenvalue weighted by molar-refractivity contribution is -0.119. The Hall–Kier alpha value is -3.19. The van der Waals surface area contributed by atoms with Crippen molar-refractivity contribution < 1.29 is 18.4 Å². The Morgan fingerprint density at radius 3 is 2.10 bits per heavy atom. The molecule has 30 heavy (non-hydrogen) atoms. The third-order valence-electron chi connectivity index (χ3n) is 4.83. The van der Waals surface area contributed by atoms with Gasteiger partial charge in [0.05, 0.1) is 0 Å². The SMILES string of the molecule is O=C(Nc1ccc(F)cc1)C1CSC(c2ccc(F)cc2)N1C(=O)c1ccccc1. The van der Waals surface area contributed by atoms with Crippen LogP contribution in [-0.2, 0) is 4.79 Å². The van der Waals surface area contributed by atoms with Crippen LogP contribution in [0.15, 0.2) is 78.9 Å². The zero-order chi connectivity index (χ0) is 21.1. The molecule has 0 saturated carbocycles. The number of amides is 2. The van der Waals surface area contributed by atoms with Crippen LogP contribution < -0.4 is 5.32 Å². The number of halogens is 2. The van der Waals surface area contributed by atoms with E-state index in [2.05, 4.69) is 5.32 Å². The van der Waals surface area contributed by atoms with Gasteiger partial charge in [0.2, 0.25) is 5.91 Å². The van der Waals surface area contributed by atoms with Gasteiger partial charge < -0.3 is 10.2 Å². The molecule has 1 aliphatic heterocycles. The summed E-state index contributed by atoms with van der Waals surface area (Å²) in [5.74, 6) is -1.03. The molecular formula is C23H18F2N2O2S.